The van der Waals surface area contributed by atoms with Crippen LogP contribution in [0.2, 0.25) is 0 Å². The Morgan fingerprint density at radius 1 is 1.41 bits per heavy atom. The van der Waals surface area contributed by atoms with Crippen molar-refractivity contribution in [1.82, 2.24) is 4.90 Å². The molecule has 7 nitrogen and oxygen atoms in total. The molecule has 17 heavy (non-hydrogen) atoms. The molecule has 1 aliphatic rings. The number of cyclic esters (lactones) is 1. The van der Waals surface area contributed by atoms with Crippen LogP contribution in [-0.4, -0.2) is 75.0 Å². The fourth-order valence-electron chi connectivity index (χ4n) is 1.66. The van der Waals surface area contributed by atoms with Crippen LogP contribution in [0.15, 0.2) is 0 Å². The molecule has 0 spiro atoms. The zero-order valence-electron chi connectivity index (χ0n) is 9.85. The van der Waals surface area contributed by atoms with Crippen LogP contribution in [0.5, 0.6) is 0 Å². The van der Waals surface area contributed by atoms with E-state index in [-0.39, 0.29) is 12.6 Å². The van der Waals surface area contributed by atoms with Crippen molar-refractivity contribution >= 4 is 6.09 Å². The molecule has 4 N–H and O–H groups in total. The maximum absolute atomic E-state index is 11.4. The van der Waals surface area contributed by atoms with Crippen LogP contribution in [0.3, 0.4) is 0 Å². The molecule has 1 amide bonds. The molecule has 1 aliphatic heterocycles. The van der Waals surface area contributed by atoms with Gasteiger partial charge < -0.3 is 30.1 Å². The van der Waals surface area contributed by atoms with E-state index in [4.69, 9.17) is 9.84 Å². The van der Waals surface area contributed by atoms with Gasteiger partial charge in [0.15, 0.2) is 0 Å². The molecule has 0 aromatic heterocycles. The number of ether oxygens (including phenoxy) is 1. The van der Waals surface area contributed by atoms with Gasteiger partial charge in [0.25, 0.3) is 0 Å². The third-order valence-electron chi connectivity index (χ3n) is 2.80. The van der Waals surface area contributed by atoms with Crippen molar-refractivity contribution in [2.75, 3.05) is 13.2 Å². The van der Waals surface area contributed by atoms with Gasteiger partial charge in [-0.2, -0.15) is 0 Å². The van der Waals surface area contributed by atoms with Gasteiger partial charge in [-0.25, -0.2) is 4.79 Å². The Kier molecular flexibility index (Phi) is 4.70. The van der Waals surface area contributed by atoms with Gasteiger partial charge in [-0.15, -0.1) is 0 Å². The van der Waals surface area contributed by atoms with Crippen LogP contribution in [-0.2, 0) is 4.74 Å². The second-order valence-electron chi connectivity index (χ2n) is 4.40. The molecule has 1 fully saturated rings. The molecule has 100 valence electrons. The van der Waals surface area contributed by atoms with Gasteiger partial charge in [0, 0.05) is 6.04 Å². The summed E-state index contributed by atoms with van der Waals surface area (Å²) in [6.45, 7) is 3.07. The Balaban J connectivity index is 2.61. The number of rotatable bonds is 5. The second-order valence-corrected chi connectivity index (χ2v) is 4.40. The van der Waals surface area contributed by atoms with E-state index in [1.807, 2.05) is 0 Å². The quantitative estimate of drug-likeness (QED) is 0.462. The minimum absolute atomic E-state index is 0.0698. The van der Waals surface area contributed by atoms with Crippen molar-refractivity contribution in [2.45, 2.75) is 44.3 Å². The van der Waals surface area contributed by atoms with Crippen LogP contribution in [0.1, 0.15) is 13.8 Å². The van der Waals surface area contributed by atoms with Crippen molar-refractivity contribution in [3.8, 4) is 0 Å². The lowest BCUT2D eigenvalue weighted by Gasteiger charge is -2.25. The fraction of sp³-hybridized carbons (Fsp3) is 0.900. The van der Waals surface area contributed by atoms with E-state index < -0.39 is 37.1 Å². The lowest BCUT2D eigenvalue weighted by atomic mass is 10.0. The van der Waals surface area contributed by atoms with Crippen molar-refractivity contribution in [2.24, 2.45) is 0 Å². The molecule has 0 aromatic rings. The van der Waals surface area contributed by atoms with Gasteiger partial charge in [-0.05, 0) is 13.8 Å². The van der Waals surface area contributed by atoms with Crippen molar-refractivity contribution < 1.29 is 30.0 Å². The molecule has 0 aromatic carbocycles. The molecule has 0 radical (unpaired) electrons. The van der Waals surface area contributed by atoms with Crippen molar-refractivity contribution in [1.29, 1.82) is 0 Å². The van der Waals surface area contributed by atoms with E-state index in [0.29, 0.717) is 0 Å². The van der Waals surface area contributed by atoms with Gasteiger partial charge in [0.05, 0.1) is 13.2 Å². The maximum atomic E-state index is 11.4. The number of carbonyl (C=O) groups excluding carboxylic acids is 1. The summed E-state index contributed by atoms with van der Waals surface area (Å²) in [4.78, 5) is 12.8. The van der Waals surface area contributed by atoms with E-state index in [2.05, 4.69) is 0 Å². The summed E-state index contributed by atoms with van der Waals surface area (Å²) in [5.74, 6) is 0. The van der Waals surface area contributed by atoms with E-state index in [1.165, 1.54) is 4.90 Å². The predicted octanol–water partition coefficient (Wildman–Crippen LogP) is -1.71. The van der Waals surface area contributed by atoms with Crippen molar-refractivity contribution in [3.05, 3.63) is 0 Å². The molecular weight excluding hydrogens is 230 g/mol. The Morgan fingerprint density at radius 2 is 2.00 bits per heavy atom. The first-order chi connectivity index (χ1) is 7.88. The third kappa shape index (κ3) is 3.06. The van der Waals surface area contributed by atoms with Crippen LogP contribution < -0.4 is 0 Å². The minimum Gasteiger partial charge on any atom is -0.441 e. The summed E-state index contributed by atoms with van der Waals surface area (Å²) < 4.78 is 4.90. The van der Waals surface area contributed by atoms with Gasteiger partial charge in [0.2, 0.25) is 0 Å². The smallest absolute Gasteiger partial charge is 0.410 e. The average molecular weight is 249 g/mol. The van der Waals surface area contributed by atoms with Crippen LogP contribution >= 0.6 is 0 Å². The Morgan fingerprint density at radius 3 is 2.41 bits per heavy atom. The van der Waals surface area contributed by atoms with Gasteiger partial charge >= 0.3 is 6.09 Å². The summed E-state index contributed by atoms with van der Waals surface area (Å²) in [5.41, 5.74) is 0. The number of aliphatic hydroxyl groups excluding tert-OH is 4. The second kappa shape index (κ2) is 5.63. The summed E-state index contributed by atoms with van der Waals surface area (Å²) >= 11 is 0. The summed E-state index contributed by atoms with van der Waals surface area (Å²) in [6, 6.07) is -0.0698. The minimum atomic E-state index is -1.55. The number of hydrogen-bond acceptors (Lipinski definition) is 6. The molecule has 0 bridgehead atoms. The lowest BCUT2D eigenvalue weighted by Crippen LogP contribution is -2.47. The van der Waals surface area contributed by atoms with E-state index in [0.717, 1.165) is 0 Å². The SMILES string of the molecule is CC(C)N1CC(C(O)C(O)C(O)CO)OC1=O. The topological polar surface area (TPSA) is 110 Å². The van der Waals surface area contributed by atoms with Gasteiger partial charge in [-0.1, -0.05) is 0 Å². The first-order valence-corrected chi connectivity index (χ1v) is 5.50. The molecule has 0 aliphatic carbocycles. The lowest BCUT2D eigenvalue weighted by molar-refractivity contribution is -0.108. The zero-order chi connectivity index (χ0) is 13.2. The summed E-state index contributed by atoms with van der Waals surface area (Å²) in [7, 11) is 0. The van der Waals surface area contributed by atoms with Crippen LogP contribution in [0.4, 0.5) is 4.79 Å². The van der Waals surface area contributed by atoms with Crippen LogP contribution in [0.25, 0.3) is 0 Å². The summed E-state index contributed by atoms with van der Waals surface area (Å²) in [5, 5.41) is 37.0. The number of aliphatic hydroxyl groups is 4. The molecular formula is C10H19NO6. The monoisotopic (exact) mass is 249 g/mol. The van der Waals surface area contributed by atoms with E-state index >= 15 is 0 Å². The largest absolute Gasteiger partial charge is 0.441 e. The number of hydrogen-bond donors (Lipinski definition) is 4. The molecule has 1 heterocycles. The average Bonchev–Trinajstić information content (AvgIpc) is 2.68. The van der Waals surface area contributed by atoms with E-state index in [1.54, 1.807) is 13.8 Å². The first-order valence-electron chi connectivity index (χ1n) is 5.50. The highest BCUT2D eigenvalue weighted by atomic mass is 16.6. The Labute approximate surface area is 99.2 Å². The summed E-state index contributed by atoms with van der Waals surface area (Å²) in [6.07, 6.45) is -5.90. The molecule has 1 rings (SSSR count). The molecule has 4 atom stereocenters. The van der Waals surface area contributed by atoms with Gasteiger partial charge in [0.1, 0.15) is 24.4 Å². The Hall–Kier alpha value is -0.890. The Bertz CT molecular complexity index is 272. The highest BCUT2D eigenvalue weighted by molar-refractivity contribution is 5.70. The van der Waals surface area contributed by atoms with Crippen molar-refractivity contribution in [3.63, 3.8) is 0 Å². The molecule has 1 saturated heterocycles. The van der Waals surface area contributed by atoms with Gasteiger partial charge in [-0.3, -0.25) is 0 Å². The van der Waals surface area contributed by atoms with Crippen LogP contribution in [0, 0.1) is 0 Å². The maximum Gasteiger partial charge on any atom is 0.410 e. The highest BCUT2D eigenvalue weighted by Gasteiger charge is 2.41. The fourth-order valence-corrected chi connectivity index (χ4v) is 1.66. The molecule has 4 unspecified atom stereocenters. The molecule has 7 heteroatoms. The predicted molar refractivity (Wildman–Crippen MR) is 57.2 cm³/mol. The number of nitrogens with zero attached hydrogens (tertiary/aromatic N) is 1. The normalized spacial score (nSPS) is 25.9. The third-order valence-corrected chi connectivity index (χ3v) is 2.80. The van der Waals surface area contributed by atoms with E-state index in [9.17, 15) is 20.1 Å². The highest BCUT2D eigenvalue weighted by Crippen LogP contribution is 2.19. The molecule has 0 saturated carbocycles. The first kappa shape index (κ1) is 14.2. The zero-order valence-corrected chi connectivity index (χ0v) is 9.85. The number of amides is 1. The number of carbonyl (C=O) groups is 1. The standard InChI is InChI=1S/C10H19NO6/c1-5(2)11-3-7(17-10(11)16)9(15)8(14)6(13)4-12/h5-9,12-15H,3-4H2,1-2H3.